The average molecular weight is 442 g/mol. The second kappa shape index (κ2) is 8.52. The number of benzene rings is 1. The molecule has 8 nitrogen and oxygen atoms in total. The Kier molecular flexibility index (Phi) is 5.79. The molecule has 0 aliphatic heterocycles. The van der Waals surface area contributed by atoms with Gasteiger partial charge < -0.3 is 14.3 Å². The molecule has 4 rings (SSSR count). The smallest absolute Gasteiger partial charge is 0.243 e. The Labute approximate surface area is 180 Å². The van der Waals surface area contributed by atoms with Crippen LogP contribution in [0.2, 0.25) is 0 Å². The van der Waals surface area contributed by atoms with Crippen LogP contribution in [0.4, 0.5) is 5.69 Å². The summed E-state index contributed by atoms with van der Waals surface area (Å²) in [6, 6.07) is 9.96. The standard InChI is InChI=1S/C22H23N3O5S/c1-15-21(23-22(26)17-8-9-17)20(30-24-15)12-7-16-5-10-19(11-6-16)31(27,28)25(2)14-18-4-3-13-29-18/h3-7,10-13,17H,8-9,14H2,1-2H3,(H,23,26). The minimum Gasteiger partial charge on any atom is -0.468 e. The number of carbonyl (C=O) groups excluding carboxylic acids is 1. The highest BCUT2D eigenvalue weighted by Gasteiger charge is 2.30. The fourth-order valence-electron chi connectivity index (χ4n) is 3.03. The maximum Gasteiger partial charge on any atom is 0.243 e. The molecule has 0 saturated heterocycles. The summed E-state index contributed by atoms with van der Waals surface area (Å²) in [7, 11) is -2.14. The second-order valence-electron chi connectivity index (χ2n) is 7.51. The molecule has 0 bridgehead atoms. The van der Waals surface area contributed by atoms with Gasteiger partial charge >= 0.3 is 0 Å². The summed E-state index contributed by atoms with van der Waals surface area (Å²) in [4.78, 5) is 12.3. The van der Waals surface area contributed by atoms with Crippen molar-refractivity contribution in [3.8, 4) is 0 Å². The molecule has 2 aromatic heterocycles. The number of anilines is 1. The van der Waals surface area contributed by atoms with Gasteiger partial charge in [-0.3, -0.25) is 4.79 Å². The van der Waals surface area contributed by atoms with Crippen molar-refractivity contribution in [1.82, 2.24) is 9.46 Å². The van der Waals surface area contributed by atoms with E-state index in [4.69, 9.17) is 8.94 Å². The summed E-state index contributed by atoms with van der Waals surface area (Å²) in [6.07, 6.45) is 6.81. The minimum absolute atomic E-state index is 0.0193. The van der Waals surface area contributed by atoms with E-state index in [1.165, 1.54) is 17.6 Å². The number of nitrogens with zero attached hydrogens (tertiary/aromatic N) is 2. The zero-order valence-corrected chi connectivity index (χ0v) is 18.1. The molecular weight excluding hydrogens is 418 g/mol. The van der Waals surface area contributed by atoms with E-state index in [-0.39, 0.29) is 23.3 Å². The molecule has 1 fully saturated rings. The maximum absolute atomic E-state index is 12.8. The molecule has 1 saturated carbocycles. The molecule has 1 amide bonds. The van der Waals surface area contributed by atoms with Crippen LogP contribution in [0.5, 0.6) is 0 Å². The Morgan fingerprint density at radius 3 is 2.61 bits per heavy atom. The quantitative estimate of drug-likeness (QED) is 0.568. The molecule has 1 aromatic carbocycles. The van der Waals surface area contributed by atoms with Gasteiger partial charge in [0.15, 0.2) is 5.76 Å². The number of sulfonamides is 1. The molecule has 1 N–H and O–H groups in total. The van der Waals surface area contributed by atoms with Crippen molar-refractivity contribution in [2.24, 2.45) is 5.92 Å². The van der Waals surface area contributed by atoms with Crippen LogP contribution in [-0.2, 0) is 21.4 Å². The predicted octanol–water partition coefficient (Wildman–Crippen LogP) is 3.92. The second-order valence-corrected chi connectivity index (χ2v) is 9.56. The Bertz CT molecular complexity index is 1190. The van der Waals surface area contributed by atoms with Crippen molar-refractivity contribution in [3.63, 3.8) is 0 Å². The van der Waals surface area contributed by atoms with E-state index in [9.17, 15) is 13.2 Å². The number of aryl methyl sites for hydroxylation is 1. The van der Waals surface area contributed by atoms with Crippen LogP contribution in [0, 0.1) is 12.8 Å². The van der Waals surface area contributed by atoms with E-state index in [1.807, 2.05) is 0 Å². The number of aromatic nitrogens is 1. The highest BCUT2D eigenvalue weighted by molar-refractivity contribution is 7.89. The Morgan fingerprint density at radius 2 is 1.97 bits per heavy atom. The van der Waals surface area contributed by atoms with E-state index >= 15 is 0 Å². The summed E-state index contributed by atoms with van der Waals surface area (Å²) < 4.78 is 37.3. The van der Waals surface area contributed by atoms with Crippen molar-refractivity contribution in [2.75, 3.05) is 12.4 Å². The number of rotatable bonds is 8. The first-order chi connectivity index (χ1) is 14.8. The van der Waals surface area contributed by atoms with Crippen LogP contribution in [0.3, 0.4) is 0 Å². The average Bonchev–Trinajstić information content (AvgIpc) is 3.39. The highest BCUT2D eigenvalue weighted by atomic mass is 32.2. The summed E-state index contributed by atoms with van der Waals surface area (Å²) >= 11 is 0. The largest absolute Gasteiger partial charge is 0.468 e. The molecule has 0 radical (unpaired) electrons. The van der Waals surface area contributed by atoms with Gasteiger partial charge in [-0.25, -0.2) is 8.42 Å². The molecule has 31 heavy (non-hydrogen) atoms. The summed E-state index contributed by atoms with van der Waals surface area (Å²) in [5.74, 6) is 1.07. The fourth-order valence-corrected chi connectivity index (χ4v) is 4.17. The summed E-state index contributed by atoms with van der Waals surface area (Å²) in [6.45, 7) is 1.92. The molecule has 1 aliphatic rings. The van der Waals surface area contributed by atoms with E-state index < -0.39 is 10.0 Å². The molecular formula is C22H23N3O5S. The van der Waals surface area contributed by atoms with Crippen molar-refractivity contribution in [3.05, 3.63) is 65.4 Å². The fraction of sp³-hybridized carbons (Fsp3) is 0.273. The van der Waals surface area contributed by atoms with Crippen LogP contribution in [0.15, 0.2) is 56.5 Å². The molecule has 2 heterocycles. The third kappa shape index (κ3) is 4.78. The van der Waals surface area contributed by atoms with Crippen molar-refractivity contribution in [2.45, 2.75) is 31.2 Å². The summed E-state index contributed by atoms with van der Waals surface area (Å²) in [5.41, 5.74) is 1.95. The molecule has 162 valence electrons. The van der Waals surface area contributed by atoms with E-state index in [0.717, 1.165) is 18.4 Å². The van der Waals surface area contributed by atoms with Gasteiger partial charge in [-0.2, -0.15) is 4.31 Å². The zero-order chi connectivity index (χ0) is 22.0. The predicted molar refractivity (Wildman–Crippen MR) is 115 cm³/mol. The van der Waals surface area contributed by atoms with Gasteiger partial charge in [-0.1, -0.05) is 23.4 Å². The third-order valence-electron chi connectivity index (χ3n) is 5.06. The monoisotopic (exact) mass is 441 g/mol. The van der Waals surface area contributed by atoms with Gasteiger partial charge in [0, 0.05) is 13.0 Å². The molecule has 3 aromatic rings. The molecule has 0 unspecified atom stereocenters. The van der Waals surface area contributed by atoms with Crippen LogP contribution in [-0.4, -0.2) is 30.8 Å². The molecule has 1 aliphatic carbocycles. The zero-order valence-electron chi connectivity index (χ0n) is 17.2. The van der Waals surface area contributed by atoms with Crippen LogP contribution >= 0.6 is 0 Å². The molecule has 0 spiro atoms. The van der Waals surface area contributed by atoms with Crippen LogP contribution in [0.1, 0.15) is 35.6 Å². The van der Waals surface area contributed by atoms with Crippen molar-refractivity contribution < 1.29 is 22.2 Å². The van der Waals surface area contributed by atoms with Gasteiger partial charge in [0.05, 0.1) is 17.7 Å². The van der Waals surface area contributed by atoms with Crippen molar-refractivity contribution >= 4 is 33.8 Å². The number of amides is 1. The topological polar surface area (TPSA) is 106 Å². The SMILES string of the molecule is Cc1noc(C=Cc2ccc(S(=O)(=O)N(C)Cc3ccco3)cc2)c1NC(=O)C1CC1. The number of hydrogen-bond acceptors (Lipinski definition) is 6. The van der Waals surface area contributed by atoms with E-state index in [2.05, 4.69) is 10.5 Å². The molecule has 9 heteroatoms. The lowest BCUT2D eigenvalue weighted by Gasteiger charge is -2.16. The lowest BCUT2D eigenvalue weighted by molar-refractivity contribution is -0.117. The lowest BCUT2D eigenvalue weighted by Crippen LogP contribution is -2.26. The van der Waals surface area contributed by atoms with Crippen LogP contribution < -0.4 is 5.32 Å². The first-order valence-corrected chi connectivity index (χ1v) is 11.3. The first kappa shape index (κ1) is 21.1. The number of nitrogens with one attached hydrogen (secondary N) is 1. The lowest BCUT2D eigenvalue weighted by atomic mass is 10.2. The Morgan fingerprint density at radius 1 is 1.23 bits per heavy atom. The van der Waals surface area contributed by atoms with Crippen molar-refractivity contribution in [1.29, 1.82) is 0 Å². The summed E-state index contributed by atoms with van der Waals surface area (Å²) in [5, 5.41) is 6.80. The Balaban J connectivity index is 1.46. The Hall–Kier alpha value is -3.17. The van der Waals surface area contributed by atoms with Gasteiger partial charge in [0.2, 0.25) is 15.9 Å². The normalized spacial score (nSPS) is 14.4. The van der Waals surface area contributed by atoms with Crippen LogP contribution in [0.25, 0.3) is 12.2 Å². The minimum atomic E-state index is -3.64. The van der Waals surface area contributed by atoms with Gasteiger partial charge in [0.25, 0.3) is 0 Å². The highest BCUT2D eigenvalue weighted by Crippen LogP contribution is 2.32. The number of furan rings is 1. The number of hydrogen-bond donors (Lipinski definition) is 1. The molecule has 0 atom stereocenters. The van der Waals surface area contributed by atoms with E-state index in [0.29, 0.717) is 22.9 Å². The number of carbonyl (C=O) groups is 1. The maximum atomic E-state index is 12.8. The van der Waals surface area contributed by atoms with Gasteiger partial charge in [-0.15, -0.1) is 0 Å². The van der Waals surface area contributed by atoms with E-state index in [1.54, 1.807) is 55.5 Å². The third-order valence-corrected chi connectivity index (χ3v) is 6.88. The first-order valence-electron chi connectivity index (χ1n) is 9.88. The van der Waals surface area contributed by atoms with Gasteiger partial charge in [0.1, 0.15) is 17.1 Å². The van der Waals surface area contributed by atoms with Gasteiger partial charge in [-0.05, 0) is 55.7 Å².